The highest BCUT2D eigenvalue weighted by atomic mass is 16.5. The van der Waals surface area contributed by atoms with Gasteiger partial charge < -0.3 is 19.8 Å². The number of nitrogens with one attached hydrogen (secondary N) is 2. The molecule has 31 heavy (non-hydrogen) atoms. The van der Waals surface area contributed by atoms with Crippen LogP contribution < -0.4 is 15.4 Å². The van der Waals surface area contributed by atoms with Crippen molar-refractivity contribution in [3.8, 4) is 5.75 Å². The largest absolute Gasteiger partial charge is 0.497 e. The van der Waals surface area contributed by atoms with E-state index >= 15 is 0 Å². The molecule has 2 N–H and O–H groups in total. The number of benzene rings is 2. The molecule has 0 spiro atoms. The Kier molecular flexibility index (Phi) is 5.38. The first-order chi connectivity index (χ1) is 14.8. The van der Waals surface area contributed by atoms with Crippen molar-refractivity contribution in [1.29, 1.82) is 0 Å². The van der Waals surface area contributed by atoms with Gasteiger partial charge in [-0.25, -0.2) is 0 Å². The van der Waals surface area contributed by atoms with Gasteiger partial charge in [0.25, 0.3) is 5.91 Å². The molecule has 2 heterocycles. The first-order valence-electron chi connectivity index (χ1n) is 10.0. The fourth-order valence-electron chi connectivity index (χ4n) is 3.69. The Hall–Kier alpha value is -3.80. The van der Waals surface area contributed by atoms with E-state index in [0.29, 0.717) is 11.3 Å². The van der Waals surface area contributed by atoms with Crippen LogP contribution in [0.4, 0.5) is 5.69 Å². The molecule has 0 radical (unpaired) electrons. The van der Waals surface area contributed by atoms with E-state index in [1.807, 2.05) is 18.2 Å². The summed E-state index contributed by atoms with van der Waals surface area (Å²) in [6.07, 6.45) is 3.91. The first-order valence-corrected chi connectivity index (χ1v) is 10.0. The maximum atomic E-state index is 13.0. The second-order valence-corrected chi connectivity index (χ2v) is 8.14. The van der Waals surface area contributed by atoms with Gasteiger partial charge in [0.1, 0.15) is 5.75 Å². The number of hydrogen-bond acceptors (Lipinski definition) is 5. The highest BCUT2D eigenvalue weighted by Gasteiger charge is 2.28. The van der Waals surface area contributed by atoms with Crippen LogP contribution in [-0.4, -0.2) is 24.3 Å². The number of hydrogen-bond donors (Lipinski definition) is 2. The van der Waals surface area contributed by atoms with Crippen molar-refractivity contribution < 1.29 is 18.7 Å². The van der Waals surface area contributed by atoms with E-state index < -0.39 is 0 Å². The third-order valence-corrected chi connectivity index (χ3v) is 5.16. The van der Waals surface area contributed by atoms with Crippen LogP contribution in [0.2, 0.25) is 0 Å². The molecule has 1 aliphatic rings. The smallest absolute Gasteiger partial charge is 0.291 e. The molecule has 1 aliphatic heterocycles. The third-order valence-electron chi connectivity index (χ3n) is 5.16. The molecule has 4 rings (SSSR count). The monoisotopic (exact) mass is 416 g/mol. The lowest BCUT2D eigenvalue weighted by Gasteiger charge is -2.35. The highest BCUT2D eigenvalue weighted by Crippen LogP contribution is 2.32. The zero-order valence-electron chi connectivity index (χ0n) is 17.7. The minimum Gasteiger partial charge on any atom is -0.497 e. The lowest BCUT2D eigenvalue weighted by atomic mass is 9.85. The van der Waals surface area contributed by atoms with Crippen LogP contribution in [0.5, 0.6) is 5.75 Å². The maximum Gasteiger partial charge on any atom is 0.291 e. The summed E-state index contributed by atoms with van der Waals surface area (Å²) in [4.78, 5) is 25.0. The van der Waals surface area contributed by atoms with Gasteiger partial charge in [-0.05, 0) is 74.4 Å². The molecule has 1 aromatic heterocycles. The lowest BCUT2D eigenvalue weighted by molar-refractivity contribution is 0.0995. The zero-order chi connectivity index (χ0) is 22.0. The van der Waals surface area contributed by atoms with Gasteiger partial charge in [-0.1, -0.05) is 6.07 Å². The number of carbonyl (C=O) groups is 2. The standard InChI is InChI=1S/C25H24N2O4/c1-25(2)15-17-8-11-19(30-3)13-20(17)21(27-25)14-22(28)16-6-9-18(10-7-16)26-24(29)23-5-4-12-31-23/h4-14,27H,15H2,1-3H3,(H,26,29)/b21-14-. The normalized spacial score (nSPS) is 15.6. The minimum absolute atomic E-state index is 0.127. The molecule has 0 saturated carbocycles. The quantitative estimate of drug-likeness (QED) is 0.466. The average molecular weight is 416 g/mol. The topological polar surface area (TPSA) is 80.6 Å². The Labute approximate surface area is 180 Å². The van der Waals surface area contributed by atoms with Gasteiger partial charge in [0.2, 0.25) is 0 Å². The summed E-state index contributed by atoms with van der Waals surface area (Å²) in [5.41, 5.74) is 3.84. The van der Waals surface area contributed by atoms with Gasteiger partial charge in [0.05, 0.1) is 13.4 Å². The fraction of sp³-hybridized carbons (Fsp3) is 0.200. The van der Waals surface area contributed by atoms with Crippen LogP contribution in [-0.2, 0) is 6.42 Å². The summed E-state index contributed by atoms with van der Waals surface area (Å²) in [6.45, 7) is 4.21. The van der Waals surface area contributed by atoms with Crippen molar-refractivity contribution in [3.63, 3.8) is 0 Å². The van der Waals surface area contributed by atoms with E-state index in [1.54, 1.807) is 49.6 Å². The van der Waals surface area contributed by atoms with Crippen LogP contribution in [0, 0.1) is 0 Å². The van der Waals surface area contributed by atoms with Crippen molar-refractivity contribution in [2.24, 2.45) is 0 Å². The number of methoxy groups -OCH3 is 1. The van der Waals surface area contributed by atoms with Gasteiger partial charge in [0.15, 0.2) is 11.5 Å². The SMILES string of the molecule is COc1ccc2c(c1)/C(=C/C(=O)c1ccc(NC(=O)c3ccco3)cc1)NC(C)(C)C2. The van der Waals surface area contributed by atoms with E-state index in [1.165, 1.54) is 11.8 Å². The minimum atomic E-state index is -0.342. The summed E-state index contributed by atoms with van der Waals surface area (Å²) in [6, 6.07) is 16.0. The lowest BCUT2D eigenvalue weighted by Crippen LogP contribution is -2.43. The van der Waals surface area contributed by atoms with Gasteiger partial charge in [-0.15, -0.1) is 0 Å². The van der Waals surface area contributed by atoms with E-state index in [9.17, 15) is 9.59 Å². The molecule has 6 heteroatoms. The van der Waals surface area contributed by atoms with Gasteiger partial charge >= 0.3 is 0 Å². The Bertz CT molecular complexity index is 1140. The van der Waals surface area contributed by atoms with E-state index in [2.05, 4.69) is 24.5 Å². The summed E-state index contributed by atoms with van der Waals surface area (Å²) in [5, 5.41) is 6.21. The molecule has 0 unspecified atom stereocenters. The number of ether oxygens (including phenoxy) is 1. The molecule has 2 aromatic carbocycles. The Morgan fingerprint density at radius 2 is 1.90 bits per heavy atom. The summed E-state index contributed by atoms with van der Waals surface area (Å²) in [7, 11) is 1.63. The van der Waals surface area contributed by atoms with E-state index in [-0.39, 0.29) is 23.0 Å². The van der Waals surface area contributed by atoms with Crippen LogP contribution in [0.25, 0.3) is 5.70 Å². The zero-order valence-corrected chi connectivity index (χ0v) is 17.7. The predicted molar refractivity (Wildman–Crippen MR) is 119 cm³/mol. The predicted octanol–water partition coefficient (Wildman–Crippen LogP) is 4.69. The molecule has 0 atom stereocenters. The molecule has 6 nitrogen and oxygen atoms in total. The van der Waals surface area contributed by atoms with Crippen molar-refractivity contribution in [3.05, 3.63) is 89.4 Å². The molecule has 0 fully saturated rings. The highest BCUT2D eigenvalue weighted by molar-refractivity contribution is 6.09. The van der Waals surface area contributed by atoms with Crippen molar-refractivity contribution in [2.75, 3.05) is 12.4 Å². The number of rotatable bonds is 5. The van der Waals surface area contributed by atoms with Crippen molar-refractivity contribution >= 4 is 23.1 Å². The molecule has 0 saturated heterocycles. The van der Waals surface area contributed by atoms with Crippen molar-refractivity contribution in [2.45, 2.75) is 25.8 Å². The number of furan rings is 1. The second kappa shape index (κ2) is 8.14. The molecule has 1 amide bonds. The van der Waals surface area contributed by atoms with Gasteiger partial charge in [-0.2, -0.15) is 0 Å². The van der Waals surface area contributed by atoms with Crippen LogP contribution in [0.15, 0.2) is 71.4 Å². The van der Waals surface area contributed by atoms with Gasteiger partial charge in [0, 0.05) is 34.1 Å². The average Bonchev–Trinajstić information content (AvgIpc) is 3.28. The number of amides is 1. The number of carbonyl (C=O) groups excluding carboxylic acids is 2. The number of fused-ring (bicyclic) bond motifs is 1. The molecule has 0 bridgehead atoms. The molecular weight excluding hydrogens is 392 g/mol. The molecule has 3 aromatic rings. The summed E-state index contributed by atoms with van der Waals surface area (Å²) in [5.74, 6) is 0.503. The van der Waals surface area contributed by atoms with Crippen LogP contribution in [0.3, 0.4) is 0 Å². The Balaban J connectivity index is 1.56. The summed E-state index contributed by atoms with van der Waals surface area (Å²) < 4.78 is 10.4. The fourth-order valence-corrected chi connectivity index (χ4v) is 3.69. The van der Waals surface area contributed by atoms with Crippen molar-refractivity contribution in [1.82, 2.24) is 5.32 Å². The summed E-state index contributed by atoms with van der Waals surface area (Å²) >= 11 is 0. The second-order valence-electron chi connectivity index (χ2n) is 8.14. The molecular formula is C25H24N2O4. The van der Waals surface area contributed by atoms with E-state index in [0.717, 1.165) is 23.4 Å². The van der Waals surface area contributed by atoms with Gasteiger partial charge in [-0.3, -0.25) is 9.59 Å². The maximum absolute atomic E-state index is 13.0. The Morgan fingerprint density at radius 1 is 1.13 bits per heavy atom. The molecule has 158 valence electrons. The van der Waals surface area contributed by atoms with E-state index in [4.69, 9.17) is 9.15 Å². The Morgan fingerprint density at radius 3 is 2.58 bits per heavy atom. The molecule has 0 aliphatic carbocycles. The van der Waals surface area contributed by atoms with Crippen LogP contribution >= 0.6 is 0 Å². The number of anilines is 1. The third kappa shape index (κ3) is 4.53. The van der Waals surface area contributed by atoms with Crippen LogP contribution in [0.1, 0.15) is 45.9 Å². The number of allylic oxidation sites excluding steroid dienone is 1. The first kappa shape index (κ1) is 20.5. The number of ketones is 1.